The van der Waals surface area contributed by atoms with Crippen molar-refractivity contribution in [2.45, 2.75) is 31.5 Å². The maximum absolute atomic E-state index is 15.2. The van der Waals surface area contributed by atoms with Crippen LogP contribution < -0.4 is 0 Å². The third-order valence-corrected chi connectivity index (χ3v) is 9.47. The minimum atomic E-state index is -4.87. The van der Waals surface area contributed by atoms with Gasteiger partial charge in [-0.25, -0.2) is 0 Å². The number of likely N-dealkylation sites (N-methyl/N-ethyl adjacent to an activating group) is 1. The Balaban J connectivity index is 1.33. The number of esters is 1. The van der Waals surface area contributed by atoms with E-state index in [0.29, 0.717) is 36.9 Å². The molecular formula is C28H33F3N4O5. The molecule has 3 saturated heterocycles. The van der Waals surface area contributed by atoms with Crippen LogP contribution in [0.3, 0.4) is 0 Å². The Bertz CT molecular complexity index is 1350. The highest BCUT2D eigenvalue weighted by molar-refractivity contribution is 5.99. The van der Waals surface area contributed by atoms with E-state index in [1.165, 1.54) is 24.2 Å². The number of nitrogens with zero attached hydrogens (tertiary/aromatic N) is 4. The minimum absolute atomic E-state index is 0.112. The van der Waals surface area contributed by atoms with Crippen molar-refractivity contribution in [2.75, 3.05) is 66.0 Å². The zero-order valence-corrected chi connectivity index (χ0v) is 22.6. The molecule has 3 aliphatic heterocycles. The largest absolute Gasteiger partial charge is 0.465 e. The number of fused-ring (bicyclic) bond motifs is 2. The van der Waals surface area contributed by atoms with Gasteiger partial charge >= 0.3 is 12.1 Å². The summed E-state index contributed by atoms with van der Waals surface area (Å²) < 4.78 is 56.1. The molecule has 2 aromatic rings. The first kappa shape index (κ1) is 27.1. The fourth-order valence-corrected chi connectivity index (χ4v) is 7.05. The summed E-state index contributed by atoms with van der Waals surface area (Å²) in [5.41, 5.74) is -4.84. The number of piperazine rings is 1. The highest BCUT2D eigenvalue weighted by Crippen LogP contribution is 2.61. The van der Waals surface area contributed by atoms with Gasteiger partial charge in [-0.3, -0.25) is 19.3 Å². The van der Waals surface area contributed by atoms with Gasteiger partial charge in [0.05, 0.1) is 12.9 Å². The Labute approximate surface area is 229 Å². The van der Waals surface area contributed by atoms with Gasteiger partial charge in [0.2, 0.25) is 5.91 Å². The summed E-state index contributed by atoms with van der Waals surface area (Å²) in [6.45, 7) is 1.94. The lowest BCUT2D eigenvalue weighted by Crippen LogP contribution is -2.57. The number of halogens is 3. The Morgan fingerprint density at radius 1 is 0.975 bits per heavy atom. The quantitative estimate of drug-likeness (QED) is 0.518. The molecule has 1 saturated carbocycles. The molecule has 6 rings (SSSR count). The molecule has 4 aliphatic rings. The van der Waals surface area contributed by atoms with E-state index in [2.05, 4.69) is 9.80 Å². The van der Waals surface area contributed by atoms with Crippen LogP contribution in [0.5, 0.6) is 0 Å². The second kappa shape index (κ2) is 9.20. The van der Waals surface area contributed by atoms with Gasteiger partial charge in [0.15, 0.2) is 0 Å². The predicted octanol–water partition coefficient (Wildman–Crippen LogP) is 2.61. The molecule has 216 valence electrons. The van der Waals surface area contributed by atoms with Crippen LogP contribution in [0.25, 0.3) is 11.0 Å². The zero-order valence-electron chi connectivity index (χ0n) is 22.6. The fraction of sp³-hybridized carbons (Fsp3) is 0.607. The number of rotatable bonds is 5. The van der Waals surface area contributed by atoms with Crippen LogP contribution in [0.4, 0.5) is 13.2 Å². The van der Waals surface area contributed by atoms with Gasteiger partial charge in [-0.15, -0.1) is 0 Å². The second-order valence-corrected chi connectivity index (χ2v) is 11.7. The normalized spacial score (nSPS) is 28.6. The van der Waals surface area contributed by atoms with Crippen molar-refractivity contribution >= 4 is 28.8 Å². The molecule has 1 aromatic carbocycles. The van der Waals surface area contributed by atoms with Crippen molar-refractivity contribution in [3.8, 4) is 0 Å². The third-order valence-electron chi connectivity index (χ3n) is 9.47. The number of furan rings is 1. The average molecular weight is 563 g/mol. The maximum Gasteiger partial charge on any atom is 0.399 e. The average Bonchev–Trinajstić information content (AvgIpc) is 3.28. The number of amides is 2. The number of ether oxygens (including phenoxy) is 1. The Hall–Kier alpha value is -3.12. The van der Waals surface area contributed by atoms with Crippen LogP contribution in [0.1, 0.15) is 30.1 Å². The summed E-state index contributed by atoms with van der Waals surface area (Å²) in [7, 11) is 2.00. The van der Waals surface area contributed by atoms with E-state index in [1.54, 1.807) is 18.2 Å². The van der Waals surface area contributed by atoms with Gasteiger partial charge in [-0.1, -0.05) is 0 Å². The standard InChI is InChI=1S/C28H33F3N4O5/c1-3-39-24(38)25-15-33(22(36)20-4-5-21-19(14-20)6-13-40-21)17-27(25,28(29,30)31)18-34(16-25)23(37)26(7-8-26)35-11-9-32(2)10-12-35/h4-6,13-14H,3,7-12,15-18H2,1-2H3. The van der Waals surface area contributed by atoms with Crippen molar-refractivity contribution < 1.29 is 36.7 Å². The molecule has 4 fully saturated rings. The highest BCUT2D eigenvalue weighted by atomic mass is 19.4. The van der Waals surface area contributed by atoms with E-state index >= 15 is 13.2 Å². The van der Waals surface area contributed by atoms with E-state index in [-0.39, 0.29) is 18.1 Å². The minimum Gasteiger partial charge on any atom is -0.465 e. The summed E-state index contributed by atoms with van der Waals surface area (Å²) in [6.07, 6.45) is -2.24. The zero-order chi connectivity index (χ0) is 28.5. The fourth-order valence-electron chi connectivity index (χ4n) is 7.05. The number of carbonyl (C=O) groups excluding carboxylic acids is 3. The van der Waals surface area contributed by atoms with Gasteiger partial charge in [0, 0.05) is 63.3 Å². The van der Waals surface area contributed by atoms with Crippen molar-refractivity contribution in [2.24, 2.45) is 10.8 Å². The van der Waals surface area contributed by atoms with Crippen LogP contribution in [-0.2, 0) is 14.3 Å². The summed E-state index contributed by atoms with van der Waals surface area (Å²) in [5.74, 6) is -1.99. The number of hydrogen-bond acceptors (Lipinski definition) is 7. The van der Waals surface area contributed by atoms with Crippen LogP contribution in [-0.4, -0.2) is 115 Å². The second-order valence-electron chi connectivity index (χ2n) is 11.7. The van der Waals surface area contributed by atoms with Crippen LogP contribution in [0, 0.1) is 10.8 Å². The van der Waals surface area contributed by atoms with E-state index in [4.69, 9.17) is 9.15 Å². The summed E-state index contributed by atoms with van der Waals surface area (Å²) in [4.78, 5) is 47.5. The van der Waals surface area contributed by atoms with E-state index in [1.807, 2.05) is 7.05 Å². The number of likely N-dealkylation sites (tertiary alicyclic amines) is 2. The summed E-state index contributed by atoms with van der Waals surface area (Å²) in [6, 6.07) is 6.32. The van der Waals surface area contributed by atoms with Gasteiger partial charge in [-0.05, 0) is 51.1 Å². The Kier molecular flexibility index (Phi) is 6.23. The molecule has 2 unspecified atom stereocenters. The van der Waals surface area contributed by atoms with Gasteiger partial charge < -0.3 is 23.9 Å². The molecular weight excluding hydrogens is 529 g/mol. The number of alkyl halides is 3. The number of benzene rings is 1. The van der Waals surface area contributed by atoms with Gasteiger partial charge in [0.25, 0.3) is 5.91 Å². The molecule has 0 radical (unpaired) electrons. The van der Waals surface area contributed by atoms with Crippen LogP contribution in [0.2, 0.25) is 0 Å². The molecule has 4 heterocycles. The number of hydrogen-bond donors (Lipinski definition) is 0. The lowest BCUT2D eigenvalue weighted by atomic mass is 9.67. The topological polar surface area (TPSA) is 86.5 Å². The van der Waals surface area contributed by atoms with E-state index in [9.17, 15) is 14.4 Å². The van der Waals surface area contributed by atoms with Gasteiger partial charge in [0.1, 0.15) is 22.0 Å². The summed E-state index contributed by atoms with van der Waals surface area (Å²) >= 11 is 0. The molecule has 2 atom stereocenters. The molecule has 9 nitrogen and oxygen atoms in total. The molecule has 0 N–H and O–H groups in total. The summed E-state index contributed by atoms with van der Waals surface area (Å²) in [5, 5.41) is 0.645. The molecule has 40 heavy (non-hydrogen) atoms. The molecule has 12 heteroatoms. The van der Waals surface area contributed by atoms with Crippen molar-refractivity contribution in [1.29, 1.82) is 0 Å². The predicted molar refractivity (Wildman–Crippen MR) is 137 cm³/mol. The molecule has 2 amide bonds. The van der Waals surface area contributed by atoms with E-state index < -0.39 is 60.6 Å². The number of carbonyl (C=O) groups is 3. The molecule has 0 spiro atoms. The Morgan fingerprint density at radius 2 is 1.65 bits per heavy atom. The van der Waals surface area contributed by atoms with Crippen molar-refractivity contribution in [3.63, 3.8) is 0 Å². The first-order valence-corrected chi connectivity index (χ1v) is 13.7. The maximum atomic E-state index is 15.2. The molecule has 0 bridgehead atoms. The lowest BCUT2D eigenvalue weighted by molar-refractivity contribution is -0.241. The van der Waals surface area contributed by atoms with Crippen LogP contribution in [0.15, 0.2) is 34.9 Å². The van der Waals surface area contributed by atoms with Crippen LogP contribution >= 0.6 is 0 Å². The monoisotopic (exact) mass is 562 g/mol. The highest BCUT2D eigenvalue weighted by Gasteiger charge is 2.79. The first-order valence-electron chi connectivity index (χ1n) is 13.7. The van der Waals surface area contributed by atoms with E-state index in [0.717, 1.165) is 18.0 Å². The Morgan fingerprint density at radius 3 is 2.30 bits per heavy atom. The first-order chi connectivity index (χ1) is 19.0. The van der Waals surface area contributed by atoms with Gasteiger partial charge in [-0.2, -0.15) is 13.2 Å². The SMILES string of the molecule is CCOC(=O)C12CN(C(=O)c3ccc4occc4c3)CC1(C(F)(F)F)CN(C(=O)C1(N3CCN(C)CC3)CC1)C2. The van der Waals surface area contributed by atoms with Crippen molar-refractivity contribution in [1.82, 2.24) is 19.6 Å². The molecule has 1 aromatic heterocycles. The van der Waals surface area contributed by atoms with Crippen molar-refractivity contribution in [3.05, 3.63) is 36.1 Å². The molecule has 1 aliphatic carbocycles. The lowest BCUT2D eigenvalue weighted by Gasteiger charge is -2.39. The third kappa shape index (κ3) is 3.86. The smallest absolute Gasteiger partial charge is 0.399 e.